The van der Waals surface area contributed by atoms with E-state index in [1.54, 1.807) is 4.90 Å². The zero-order chi connectivity index (χ0) is 24.9. The van der Waals surface area contributed by atoms with Crippen LogP contribution in [0.4, 0.5) is 4.79 Å². The number of aliphatic carboxylic acids is 1. The number of nitrogens with zero attached hydrogens (tertiary/aromatic N) is 1. The van der Waals surface area contributed by atoms with Gasteiger partial charge in [0.15, 0.2) is 0 Å². The molecule has 1 aliphatic carbocycles. The first-order valence-corrected chi connectivity index (χ1v) is 12.6. The summed E-state index contributed by atoms with van der Waals surface area (Å²) in [4.78, 5) is 39.3. The van der Waals surface area contributed by atoms with Crippen LogP contribution in [0.3, 0.4) is 0 Å². The van der Waals surface area contributed by atoms with Crippen molar-refractivity contribution in [3.63, 3.8) is 0 Å². The summed E-state index contributed by atoms with van der Waals surface area (Å²) in [6.45, 7) is 4.30. The second-order valence-electron chi connectivity index (χ2n) is 9.62. The Balaban J connectivity index is 1.43. The highest BCUT2D eigenvalue weighted by Gasteiger charge is 2.36. The normalized spacial score (nSPS) is 20.0. The number of rotatable bonds is 8. The maximum Gasteiger partial charge on any atom is 0.407 e. The van der Waals surface area contributed by atoms with E-state index in [0.29, 0.717) is 19.3 Å². The largest absolute Gasteiger partial charge is 0.481 e. The van der Waals surface area contributed by atoms with E-state index in [1.807, 2.05) is 38.1 Å². The fraction of sp³-hybridized carbons (Fsp3) is 0.464. The summed E-state index contributed by atoms with van der Waals surface area (Å²) in [5.41, 5.74) is 4.56. The monoisotopic (exact) mass is 478 g/mol. The van der Waals surface area contributed by atoms with Crippen LogP contribution < -0.4 is 5.32 Å². The fourth-order valence-corrected chi connectivity index (χ4v) is 5.26. The minimum atomic E-state index is -0.885. The number of alkyl carbamates (subject to hydrolysis) is 1. The summed E-state index contributed by atoms with van der Waals surface area (Å²) in [5.74, 6) is -1.75. The molecule has 2 unspecified atom stereocenters. The van der Waals surface area contributed by atoms with Gasteiger partial charge in [-0.2, -0.15) is 0 Å². The summed E-state index contributed by atoms with van der Waals surface area (Å²) in [6, 6.07) is 15.5. The maximum absolute atomic E-state index is 13.4. The number of carbonyl (C=O) groups is 3. The van der Waals surface area contributed by atoms with Crippen LogP contribution in [0.25, 0.3) is 11.1 Å². The van der Waals surface area contributed by atoms with Crippen LogP contribution in [0.2, 0.25) is 0 Å². The molecular weight excluding hydrogens is 444 g/mol. The van der Waals surface area contributed by atoms with Gasteiger partial charge in [0, 0.05) is 18.5 Å². The highest BCUT2D eigenvalue weighted by atomic mass is 16.5. The first kappa shape index (κ1) is 24.8. The number of ether oxygens (including phenoxy) is 1. The molecule has 4 rings (SSSR count). The number of benzene rings is 2. The van der Waals surface area contributed by atoms with Gasteiger partial charge in [-0.3, -0.25) is 9.59 Å². The maximum atomic E-state index is 13.4. The van der Waals surface area contributed by atoms with Crippen molar-refractivity contribution in [1.82, 2.24) is 10.2 Å². The fourth-order valence-electron chi connectivity index (χ4n) is 5.26. The lowest BCUT2D eigenvalue weighted by Crippen LogP contribution is -2.55. The number of amides is 2. The predicted octanol–water partition coefficient (Wildman–Crippen LogP) is 4.80. The van der Waals surface area contributed by atoms with Crippen LogP contribution in [-0.4, -0.2) is 53.2 Å². The molecule has 0 bridgehead atoms. The molecule has 2 amide bonds. The molecule has 0 aromatic heterocycles. The van der Waals surface area contributed by atoms with Gasteiger partial charge in [-0.25, -0.2) is 4.79 Å². The number of carboxylic acids is 1. The zero-order valence-electron chi connectivity index (χ0n) is 20.4. The molecule has 1 saturated heterocycles. The third-order valence-corrected chi connectivity index (χ3v) is 7.29. The molecule has 7 heteroatoms. The van der Waals surface area contributed by atoms with Crippen molar-refractivity contribution in [3.05, 3.63) is 59.7 Å². The molecule has 0 spiro atoms. The van der Waals surface area contributed by atoms with Crippen molar-refractivity contribution < 1.29 is 24.2 Å². The Bertz CT molecular complexity index is 1040. The Morgan fingerprint density at radius 1 is 1.06 bits per heavy atom. The summed E-state index contributed by atoms with van der Waals surface area (Å²) < 4.78 is 5.66. The first-order valence-electron chi connectivity index (χ1n) is 12.6. The first-order chi connectivity index (χ1) is 16.9. The molecule has 1 fully saturated rings. The molecule has 186 valence electrons. The topological polar surface area (TPSA) is 95.9 Å². The third-order valence-electron chi connectivity index (χ3n) is 7.29. The van der Waals surface area contributed by atoms with Gasteiger partial charge in [0.1, 0.15) is 12.6 Å². The van der Waals surface area contributed by atoms with Gasteiger partial charge < -0.3 is 20.1 Å². The third kappa shape index (κ3) is 5.34. The molecule has 7 nitrogen and oxygen atoms in total. The smallest absolute Gasteiger partial charge is 0.407 e. The molecule has 1 aliphatic heterocycles. The number of hydrogen-bond acceptors (Lipinski definition) is 4. The molecule has 35 heavy (non-hydrogen) atoms. The summed E-state index contributed by atoms with van der Waals surface area (Å²) in [6.07, 6.45) is 2.70. The Morgan fingerprint density at radius 2 is 1.69 bits per heavy atom. The quantitative estimate of drug-likeness (QED) is 0.568. The van der Waals surface area contributed by atoms with E-state index in [1.165, 1.54) is 0 Å². The van der Waals surface area contributed by atoms with Crippen molar-refractivity contribution >= 4 is 18.0 Å². The van der Waals surface area contributed by atoms with Gasteiger partial charge in [-0.1, -0.05) is 68.3 Å². The standard InChI is InChI=1S/C28H34N2O5/c1-3-4-13-25(26(31)30-16-19(27(32)33)15-14-18(30)2)29-28(34)35-17-24-22-11-7-5-9-20(22)21-10-6-8-12-23(21)24/h5-12,18-19,24-25H,3-4,13-17H2,1-2H3,(H,29,34)(H,32,33)/t18?,19?,25-/m0/s1. The van der Waals surface area contributed by atoms with Crippen LogP contribution in [0.15, 0.2) is 48.5 Å². The number of fused-ring (bicyclic) bond motifs is 3. The molecule has 1 heterocycles. The van der Waals surface area contributed by atoms with Gasteiger partial charge >= 0.3 is 12.1 Å². The van der Waals surface area contributed by atoms with Gasteiger partial charge in [0.2, 0.25) is 5.91 Å². The van der Waals surface area contributed by atoms with Crippen LogP contribution in [0.1, 0.15) is 63.0 Å². The van der Waals surface area contributed by atoms with E-state index in [0.717, 1.165) is 35.1 Å². The number of nitrogens with one attached hydrogen (secondary N) is 1. The van der Waals surface area contributed by atoms with Gasteiger partial charge in [0.05, 0.1) is 5.92 Å². The second kappa shape index (κ2) is 10.9. The van der Waals surface area contributed by atoms with Crippen LogP contribution >= 0.6 is 0 Å². The van der Waals surface area contributed by atoms with Crippen molar-refractivity contribution in [2.45, 2.75) is 64.0 Å². The lowest BCUT2D eigenvalue weighted by molar-refractivity contribution is -0.148. The van der Waals surface area contributed by atoms with E-state index in [4.69, 9.17) is 4.74 Å². The van der Waals surface area contributed by atoms with Crippen LogP contribution in [-0.2, 0) is 14.3 Å². The predicted molar refractivity (Wildman–Crippen MR) is 133 cm³/mol. The van der Waals surface area contributed by atoms with E-state index in [-0.39, 0.29) is 31.0 Å². The van der Waals surface area contributed by atoms with Crippen molar-refractivity contribution in [1.29, 1.82) is 0 Å². The van der Waals surface area contributed by atoms with E-state index < -0.39 is 24.0 Å². The van der Waals surface area contributed by atoms with Crippen LogP contribution in [0, 0.1) is 5.92 Å². The van der Waals surface area contributed by atoms with E-state index >= 15 is 0 Å². The van der Waals surface area contributed by atoms with Crippen molar-refractivity contribution in [2.24, 2.45) is 5.92 Å². The van der Waals surface area contributed by atoms with Gasteiger partial charge in [0.25, 0.3) is 0 Å². The molecule has 3 atom stereocenters. The van der Waals surface area contributed by atoms with Gasteiger partial charge in [-0.05, 0) is 48.4 Å². The van der Waals surface area contributed by atoms with Crippen molar-refractivity contribution in [3.8, 4) is 11.1 Å². The average molecular weight is 479 g/mol. The van der Waals surface area contributed by atoms with Gasteiger partial charge in [-0.15, -0.1) is 0 Å². The Kier molecular flexibility index (Phi) is 7.73. The summed E-state index contributed by atoms with van der Waals surface area (Å²) in [7, 11) is 0. The second-order valence-corrected chi connectivity index (χ2v) is 9.62. The highest BCUT2D eigenvalue weighted by molar-refractivity contribution is 5.86. The lowest BCUT2D eigenvalue weighted by Gasteiger charge is -2.38. The average Bonchev–Trinajstić information content (AvgIpc) is 3.18. The molecule has 0 saturated carbocycles. The Hall–Kier alpha value is -3.35. The summed E-state index contributed by atoms with van der Waals surface area (Å²) in [5, 5.41) is 12.2. The number of likely N-dealkylation sites (tertiary alicyclic amines) is 1. The molecule has 2 aliphatic rings. The number of hydrogen-bond donors (Lipinski definition) is 2. The SMILES string of the molecule is CCCC[C@H](NC(=O)OCC1c2ccccc2-c2ccccc21)C(=O)N1CC(C(=O)O)CCC1C. The van der Waals surface area contributed by atoms with Crippen LogP contribution in [0.5, 0.6) is 0 Å². The Morgan fingerprint density at radius 3 is 2.29 bits per heavy atom. The zero-order valence-corrected chi connectivity index (χ0v) is 20.4. The molecule has 0 radical (unpaired) electrons. The highest BCUT2D eigenvalue weighted by Crippen LogP contribution is 2.44. The molecule has 2 N–H and O–H groups in total. The number of carboxylic acid groups (broad SMARTS) is 1. The Labute approximate surface area is 206 Å². The molecule has 2 aromatic rings. The number of unbranched alkanes of at least 4 members (excludes halogenated alkanes) is 1. The van der Waals surface area contributed by atoms with Crippen molar-refractivity contribution in [2.75, 3.05) is 13.2 Å². The minimum absolute atomic E-state index is 0.0589. The number of carbonyl (C=O) groups excluding carboxylic acids is 2. The van der Waals surface area contributed by atoms with E-state index in [2.05, 4.69) is 29.6 Å². The lowest BCUT2D eigenvalue weighted by atomic mass is 9.92. The minimum Gasteiger partial charge on any atom is -0.481 e. The van der Waals surface area contributed by atoms with E-state index in [9.17, 15) is 19.5 Å². The molecule has 2 aromatic carbocycles. The number of piperidine rings is 1. The summed E-state index contributed by atoms with van der Waals surface area (Å²) >= 11 is 0. The molecular formula is C28H34N2O5.